The fraction of sp³-hybridized carbons (Fsp3) is 0.125. The van der Waals surface area contributed by atoms with Crippen LogP contribution in [0.4, 0.5) is 9.52 Å². The Labute approximate surface area is 193 Å². The molecule has 2 amide bonds. The summed E-state index contributed by atoms with van der Waals surface area (Å²) in [5, 5.41) is 5.13. The third-order valence-corrected chi connectivity index (χ3v) is 6.18. The number of carbonyl (C=O) groups is 2. The van der Waals surface area contributed by atoms with E-state index in [2.05, 4.69) is 20.3 Å². The van der Waals surface area contributed by atoms with E-state index in [0.717, 1.165) is 22.4 Å². The highest BCUT2D eigenvalue weighted by Crippen LogP contribution is 2.29. The molecule has 1 N–H and O–H groups in total. The first-order chi connectivity index (χ1) is 16.1. The minimum atomic E-state index is -0.731. The molecule has 4 heterocycles. The molecule has 1 aliphatic rings. The summed E-state index contributed by atoms with van der Waals surface area (Å²) >= 11 is 1.32. The van der Waals surface area contributed by atoms with E-state index in [-0.39, 0.29) is 11.6 Å². The number of halogens is 1. The molecule has 4 aromatic rings. The van der Waals surface area contributed by atoms with Crippen molar-refractivity contribution in [3.8, 4) is 22.4 Å². The lowest BCUT2D eigenvalue weighted by molar-refractivity contribution is -0.123. The van der Waals surface area contributed by atoms with Gasteiger partial charge in [-0.3, -0.25) is 14.6 Å². The number of anilines is 1. The van der Waals surface area contributed by atoms with Crippen LogP contribution in [0, 0.1) is 5.95 Å². The first kappa shape index (κ1) is 20.9. The molecule has 0 saturated carbocycles. The molecule has 1 unspecified atom stereocenters. The Hall–Kier alpha value is -3.98. The molecule has 9 heteroatoms. The van der Waals surface area contributed by atoms with Gasteiger partial charge in [0.1, 0.15) is 11.7 Å². The average Bonchev–Trinajstić information content (AvgIpc) is 3.27. The summed E-state index contributed by atoms with van der Waals surface area (Å²) in [5.41, 5.74) is 3.76. The summed E-state index contributed by atoms with van der Waals surface area (Å²) < 4.78 is 13.3. The Morgan fingerprint density at radius 2 is 1.79 bits per heavy atom. The van der Waals surface area contributed by atoms with Gasteiger partial charge in [-0.25, -0.2) is 9.97 Å². The first-order valence-electron chi connectivity index (χ1n) is 10.3. The van der Waals surface area contributed by atoms with E-state index in [0.29, 0.717) is 18.1 Å². The van der Waals surface area contributed by atoms with E-state index in [1.165, 1.54) is 34.4 Å². The smallest absolute Gasteiger partial charge is 0.273 e. The van der Waals surface area contributed by atoms with E-state index in [4.69, 9.17) is 0 Å². The number of aromatic nitrogens is 3. The fourth-order valence-electron chi connectivity index (χ4n) is 3.63. The van der Waals surface area contributed by atoms with Crippen molar-refractivity contribution in [1.29, 1.82) is 0 Å². The minimum absolute atomic E-state index is 0.0156. The number of thiazole rings is 1. The SMILES string of the molecule is O=C(Nc1nc(-c2cccc(-c3ccncc3)c2)cs1)C1CCN1C(=O)c1cccc(F)n1. The van der Waals surface area contributed by atoms with Crippen LogP contribution in [-0.2, 0) is 4.79 Å². The van der Waals surface area contributed by atoms with Crippen molar-refractivity contribution in [2.45, 2.75) is 12.5 Å². The van der Waals surface area contributed by atoms with E-state index in [1.807, 2.05) is 41.8 Å². The second-order valence-electron chi connectivity index (χ2n) is 7.49. The zero-order valence-corrected chi connectivity index (χ0v) is 18.1. The van der Waals surface area contributed by atoms with Gasteiger partial charge >= 0.3 is 0 Å². The van der Waals surface area contributed by atoms with Crippen LogP contribution in [0.25, 0.3) is 22.4 Å². The predicted octanol–water partition coefficient (Wildman–Crippen LogP) is 4.26. The Kier molecular flexibility index (Phi) is 5.62. The normalized spacial score (nSPS) is 15.1. The molecule has 33 heavy (non-hydrogen) atoms. The fourth-order valence-corrected chi connectivity index (χ4v) is 4.36. The number of benzene rings is 1. The van der Waals surface area contributed by atoms with Crippen molar-refractivity contribution in [1.82, 2.24) is 19.9 Å². The molecule has 1 aliphatic heterocycles. The molecule has 164 valence electrons. The van der Waals surface area contributed by atoms with Crippen LogP contribution in [0.3, 0.4) is 0 Å². The lowest BCUT2D eigenvalue weighted by atomic mass is 10.0. The van der Waals surface area contributed by atoms with E-state index in [1.54, 1.807) is 12.4 Å². The third kappa shape index (κ3) is 4.35. The average molecular weight is 460 g/mol. The van der Waals surface area contributed by atoms with Crippen LogP contribution >= 0.6 is 11.3 Å². The van der Waals surface area contributed by atoms with E-state index in [9.17, 15) is 14.0 Å². The number of carbonyl (C=O) groups excluding carboxylic acids is 2. The van der Waals surface area contributed by atoms with Crippen LogP contribution in [0.5, 0.6) is 0 Å². The lowest BCUT2D eigenvalue weighted by Crippen LogP contribution is -2.56. The summed E-state index contributed by atoms with van der Waals surface area (Å²) in [6.45, 7) is 0.417. The summed E-state index contributed by atoms with van der Waals surface area (Å²) in [6.07, 6.45) is 4.02. The third-order valence-electron chi connectivity index (χ3n) is 5.42. The number of pyridine rings is 2. The van der Waals surface area contributed by atoms with Gasteiger partial charge in [-0.15, -0.1) is 11.3 Å². The van der Waals surface area contributed by atoms with Gasteiger partial charge in [0.15, 0.2) is 5.13 Å². The lowest BCUT2D eigenvalue weighted by Gasteiger charge is -2.39. The Bertz CT molecular complexity index is 1330. The van der Waals surface area contributed by atoms with Gasteiger partial charge in [0, 0.05) is 29.9 Å². The van der Waals surface area contributed by atoms with Gasteiger partial charge in [0.05, 0.1) is 5.69 Å². The topological polar surface area (TPSA) is 88.1 Å². The minimum Gasteiger partial charge on any atom is -0.325 e. The molecule has 0 bridgehead atoms. The number of rotatable bonds is 5. The zero-order valence-electron chi connectivity index (χ0n) is 17.3. The Morgan fingerprint density at radius 1 is 1.00 bits per heavy atom. The van der Waals surface area contributed by atoms with Crippen molar-refractivity contribution in [2.24, 2.45) is 0 Å². The Balaban J connectivity index is 1.28. The monoisotopic (exact) mass is 459 g/mol. The summed E-state index contributed by atoms with van der Waals surface area (Å²) in [7, 11) is 0. The van der Waals surface area contributed by atoms with Crippen molar-refractivity contribution >= 4 is 28.3 Å². The van der Waals surface area contributed by atoms with Gasteiger partial charge in [-0.05, 0) is 47.9 Å². The molecule has 3 aromatic heterocycles. The molecule has 0 radical (unpaired) electrons. The van der Waals surface area contributed by atoms with Gasteiger partial charge in [0.25, 0.3) is 5.91 Å². The second kappa shape index (κ2) is 8.87. The quantitative estimate of drug-likeness (QED) is 0.451. The van der Waals surface area contributed by atoms with E-state index < -0.39 is 17.9 Å². The number of hydrogen-bond acceptors (Lipinski definition) is 6. The molecular weight excluding hydrogens is 441 g/mol. The highest BCUT2D eigenvalue weighted by atomic mass is 32.1. The van der Waals surface area contributed by atoms with Gasteiger partial charge in [-0.1, -0.05) is 24.3 Å². The maximum Gasteiger partial charge on any atom is 0.273 e. The maximum atomic E-state index is 13.3. The van der Waals surface area contributed by atoms with Crippen molar-refractivity contribution < 1.29 is 14.0 Å². The van der Waals surface area contributed by atoms with Crippen LogP contribution in [0.2, 0.25) is 0 Å². The standard InChI is InChI=1S/C24H18FN5O2S/c25-21-6-2-5-18(27-21)23(32)30-12-9-20(30)22(31)29-24-28-19(14-33-24)17-4-1-3-16(13-17)15-7-10-26-11-8-15/h1-8,10-11,13-14,20H,9,12H2,(H,28,29,31). The summed E-state index contributed by atoms with van der Waals surface area (Å²) in [6, 6.07) is 15.3. The Morgan fingerprint density at radius 3 is 2.55 bits per heavy atom. The molecule has 1 fully saturated rings. The number of likely N-dealkylation sites (tertiary alicyclic amines) is 1. The molecule has 1 saturated heterocycles. The van der Waals surface area contributed by atoms with Gasteiger partial charge < -0.3 is 10.2 Å². The number of nitrogens with zero attached hydrogens (tertiary/aromatic N) is 4. The largest absolute Gasteiger partial charge is 0.325 e. The number of nitrogens with one attached hydrogen (secondary N) is 1. The zero-order chi connectivity index (χ0) is 22.8. The summed E-state index contributed by atoms with van der Waals surface area (Å²) in [5.74, 6) is -1.52. The van der Waals surface area contributed by atoms with Crippen molar-refractivity contribution in [2.75, 3.05) is 11.9 Å². The molecule has 0 spiro atoms. The second-order valence-corrected chi connectivity index (χ2v) is 8.35. The molecule has 1 aromatic carbocycles. The molecule has 1 atom stereocenters. The first-order valence-corrected chi connectivity index (χ1v) is 11.2. The predicted molar refractivity (Wildman–Crippen MR) is 123 cm³/mol. The van der Waals surface area contributed by atoms with Crippen LogP contribution < -0.4 is 5.32 Å². The highest BCUT2D eigenvalue weighted by molar-refractivity contribution is 7.14. The van der Waals surface area contributed by atoms with E-state index >= 15 is 0 Å². The molecule has 7 nitrogen and oxygen atoms in total. The maximum absolute atomic E-state index is 13.3. The van der Waals surface area contributed by atoms with Crippen LogP contribution in [0.1, 0.15) is 16.9 Å². The highest BCUT2D eigenvalue weighted by Gasteiger charge is 2.38. The van der Waals surface area contributed by atoms with Gasteiger partial charge in [0.2, 0.25) is 11.9 Å². The van der Waals surface area contributed by atoms with Gasteiger partial charge in [-0.2, -0.15) is 4.39 Å². The van der Waals surface area contributed by atoms with Crippen molar-refractivity contribution in [3.63, 3.8) is 0 Å². The molecule has 5 rings (SSSR count). The van der Waals surface area contributed by atoms with Crippen LogP contribution in [-0.4, -0.2) is 44.3 Å². The number of hydrogen-bond donors (Lipinski definition) is 1. The molecular formula is C24H18FN5O2S. The van der Waals surface area contributed by atoms with Crippen LogP contribution in [0.15, 0.2) is 72.4 Å². The molecule has 0 aliphatic carbocycles. The number of amides is 2. The summed E-state index contributed by atoms with van der Waals surface area (Å²) in [4.78, 5) is 38.9. The van der Waals surface area contributed by atoms with Crippen molar-refractivity contribution in [3.05, 3.63) is 84.0 Å².